The van der Waals surface area contributed by atoms with E-state index in [-0.39, 0.29) is 12.5 Å². The number of aryl methyl sites for hydroxylation is 1. The predicted molar refractivity (Wildman–Crippen MR) is 67.6 cm³/mol. The number of amides is 2. The lowest BCUT2D eigenvalue weighted by Crippen LogP contribution is -2.38. The van der Waals surface area contributed by atoms with Gasteiger partial charge in [0.15, 0.2) is 0 Å². The first-order valence-electron chi connectivity index (χ1n) is 6.24. The van der Waals surface area contributed by atoms with Crippen molar-refractivity contribution in [3.63, 3.8) is 0 Å². The van der Waals surface area contributed by atoms with Crippen LogP contribution < -0.4 is 5.32 Å². The minimum atomic E-state index is -0.420. The molecule has 2 amide bonds. The van der Waals surface area contributed by atoms with Crippen molar-refractivity contribution in [2.24, 2.45) is 0 Å². The zero-order valence-electron chi connectivity index (χ0n) is 11.2. The molecule has 1 fully saturated rings. The molecule has 1 saturated heterocycles. The lowest BCUT2D eigenvalue weighted by atomic mass is 10.4. The number of ether oxygens (including phenoxy) is 1. The Labute approximate surface area is 111 Å². The molecule has 1 aromatic heterocycles. The zero-order valence-corrected chi connectivity index (χ0v) is 11.2. The van der Waals surface area contributed by atoms with Gasteiger partial charge in [-0.15, -0.1) is 0 Å². The number of cyclic esters (lactones) is 1. The molecule has 0 saturated carbocycles. The van der Waals surface area contributed by atoms with E-state index < -0.39 is 6.09 Å². The Bertz CT molecular complexity index is 483. The average Bonchev–Trinajstić information content (AvgIpc) is 2.90. The van der Waals surface area contributed by atoms with Crippen molar-refractivity contribution in [2.75, 3.05) is 26.2 Å². The van der Waals surface area contributed by atoms with Crippen LogP contribution in [0.25, 0.3) is 0 Å². The van der Waals surface area contributed by atoms with Gasteiger partial charge in [0.2, 0.25) is 5.91 Å². The number of imidazole rings is 1. The summed E-state index contributed by atoms with van der Waals surface area (Å²) in [7, 11) is 0. The van der Waals surface area contributed by atoms with Crippen molar-refractivity contribution < 1.29 is 14.3 Å². The van der Waals surface area contributed by atoms with Crippen molar-refractivity contribution in [3.05, 3.63) is 17.7 Å². The molecule has 1 aliphatic rings. The highest BCUT2D eigenvalue weighted by Gasteiger charge is 2.23. The van der Waals surface area contributed by atoms with Crippen LogP contribution >= 0.6 is 0 Å². The van der Waals surface area contributed by atoms with Gasteiger partial charge in [0, 0.05) is 18.8 Å². The maximum Gasteiger partial charge on any atom is 0.410 e. The maximum absolute atomic E-state index is 11.6. The lowest BCUT2D eigenvalue weighted by molar-refractivity contribution is -0.121. The molecule has 0 radical (unpaired) electrons. The van der Waals surface area contributed by atoms with Crippen LogP contribution in [0.2, 0.25) is 0 Å². The van der Waals surface area contributed by atoms with Gasteiger partial charge in [-0.1, -0.05) is 0 Å². The Morgan fingerprint density at radius 3 is 2.89 bits per heavy atom. The second-order valence-corrected chi connectivity index (χ2v) is 4.49. The highest BCUT2D eigenvalue weighted by atomic mass is 16.6. The van der Waals surface area contributed by atoms with E-state index in [1.807, 2.05) is 18.4 Å². The summed E-state index contributed by atoms with van der Waals surface area (Å²) >= 11 is 0. The molecule has 0 bridgehead atoms. The summed E-state index contributed by atoms with van der Waals surface area (Å²) in [6.45, 7) is 6.02. The fourth-order valence-electron chi connectivity index (χ4n) is 1.88. The molecule has 0 spiro atoms. The van der Waals surface area contributed by atoms with Gasteiger partial charge in [0.25, 0.3) is 0 Å². The highest BCUT2D eigenvalue weighted by Crippen LogP contribution is 2.03. The second-order valence-electron chi connectivity index (χ2n) is 4.49. The largest absolute Gasteiger partial charge is 0.448 e. The summed E-state index contributed by atoms with van der Waals surface area (Å²) in [6, 6.07) is 0. The first-order chi connectivity index (χ1) is 9.08. The summed E-state index contributed by atoms with van der Waals surface area (Å²) < 4.78 is 6.74. The molecule has 19 heavy (non-hydrogen) atoms. The van der Waals surface area contributed by atoms with Gasteiger partial charge in [-0.25, -0.2) is 9.78 Å². The van der Waals surface area contributed by atoms with Gasteiger partial charge in [-0.3, -0.25) is 9.69 Å². The number of rotatable bonds is 5. The summed E-state index contributed by atoms with van der Waals surface area (Å²) in [5, 5.41) is 2.78. The normalized spacial score (nSPS) is 14.6. The Balaban J connectivity index is 1.72. The topological polar surface area (TPSA) is 76.5 Å². The second kappa shape index (κ2) is 5.73. The summed E-state index contributed by atoms with van der Waals surface area (Å²) in [6.07, 6.45) is 1.34. The average molecular weight is 266 g/mol. The molecule has 104 valence electrons. The third-order valence-corrected chi connectivity index (χ3v) is 3.20. The van der Waals surface area contributed by atoms with E-state index in [0.717, 1.165) is 11.4 Å². The number of nitrogens with one attached hydrogen (secondary N) is 1. The van der Waals surface area contributed by atoms with Crippen LogP contribution in [0.15, 0.2) is 6.33 Å². The molecule has 0 unspecified atom stereocenters. The van der Waals surface area contributed by atoms with Crippen LogP contribution in [0.5, 0.6) is 0 Å². The first kappa shape index (κ1) is 13.4. The third kappa shape index (κ3) is 3.24. The number of carbonyl (C=O) groups excluding carboxylic acids is 2. The highest BCUT2D eigenvalue weighted by molar-refractivity contribution is 5.82. The van der Waals surface area contributed by atoms with E-state index in [1.165, 1.54) is 4.90 Å². The number of aromatic nitrogens is 2. The maximum atomic E-state index is 11.6. The molecule has 0 aromatic carbocycles. The molecule has 1 aliphatic heterocycles. The molecular weight excluding hydrogens is 248 g/mol. The molecule has 7 heteroatoms. The fourth-order valence-corrected chi connectivity index (χ4v) is 1.88. The van der Waals surface area contributed by atoms with Crippen LogP contribution in [0.4, 0.5) is 4.79 Å². The van der Waals surface area contributed by atoms with Crippen molar-refractivity contribution in [1.29, 1.82) is 0 Å². The third-order valence-electron chi connectivity index (χ3n) is 3.20. The van der Waals surface area contributed by atoms with Crippen molar-refractivity contribution in [1.82, 2.24) is 19.8 Å². The number of carbonyl (C=O) groups is 2. The number of hydrogen-bond donors (Lipinski definition) is 1. The summed E-state index contributed by atoms with van der Waals surface area (Å²) in [5.41, 5.74) is 2.09. The van der Waals surface area contributed by atoms with E-state index in [2.05, 4.69) is 10.3 Å². The molecule has 2 rings (SSSR count). The van der Waals surface area contributed by atoms with Crippen LogP contribution in [0.3, 0.4) is 0 Å². The van der Waals surface area contributed by atoms with Crippen molar-refractivity contribution >= 4 is 12.0 Å². The smallest absolute Gasteiger partial charge is 0.410 e. The Morgan fingerprint density at radius 1 is 1.53 bits per heavy atom. The number of hydrogen-bond acceptors (Lipinski definition) is 4. The number of nitrogens with zero attached hydrogens (tertiary/aromatic N) is 3. The molecule has 2 heterocycles. The zero-order chi connectivity index (χ0) is 13.8. The molecule has 1 aromatic rings. The van der Waals surface area contributed by atoms with Gasteiger partial charge < -0.3 is 14.6 Å². The standard InChI is InChI=1S/C12H18N4O3/c1-9-10(2)16(8-14-9)4-3-13-11(17)7-15-5-6-19-12(15)18/h8H,3-7H2,1-2H3,(H,13,17). The van der Waals surface area contributed by atoms with Gasteiger partial charge in [0.1, 0.15) is 13.2 Å². The summed E-state index contributed by atoms with van der Waals surface area (Å²) in [4.78, 5) is 28.4. The van der Waals surface area contributed by atoms with E-state index >= 15 is 0 Å². The van der Waals surface area contributed by atoms with E-state index in [0.29, 0.717) is 26.2 Å². The molecular formula is C12H18N4O3. The van der Waals surface area contributed by atoms with E-state index in [4.69, 9.17) is 4.74 Å². The molecule has 1 N–H and O–H groups in total. The molecule has 0 atom stereocenters. The minimum absolute atomic E-state index is 0.0563. The van der Waals surface area contributed by atoms with E-state index in [9.17, 15) is 9.59 Å². The monoisotopic (exact) mass is 266 g/mol. The SMILES string of the molecule is Cc1ncn(CCNC(=O)CN2CCOC2=O)c1C. The Hall–Kier alpha value is -2.05. The van der Waals surface area contributed by atoms with Crippen molar-refractivity contribution in [2.45, 2.75) is 20.4 Å². The van der Waals surface area contributed by atoms with Crippen molar-refractivity contribution in [3.8, 4) is 0 Å². The Kier molecular flexibility index (Phi) is 4.03. The van der Waals surface area contributed by atoms with Crippen LogP contribution in [0.1, 0.15) is 11.4 Å². The van der Waals surface area contributed by atoms with Gasteiger partial charge in [0.05, 0.1) is 18.6 Å². The summed E-state index contributed by atoms with van der Waals surface area (Å²) in [5.74, 6) is -0.173. The van der Waals surface area contributed by atoms with Gasteiger partial charge in [-0.05, 0) is 13.8 Å². The molecule has 0 aliphatic carbocycles. The van der Waals surface area contributed by atoms with Gasteiger partial charge in [-0.2, -0.15) is 0 Å². The Morgan fingerprint density at radius 2 is 2.32 bits per heavy atom. The quantitative estimate of drug-likeness (QED) is 0.818. The van der Waals surface area contributed by atoms with Crippen LogP contribution in [-0.2, 0) is 16.1 Å². The lowest BCUT2D eigenvalue weighted by Gasteiger charge is -2.12. The van der Waals surface area contributed by atoms with Gasteiger partial charge >= 0.3 is 6.09 Å². The van der Waals surface area contributed by atoms with Crippen LogP contribution in [0, 0.1) is 13.8 Å². The van der Waals surface area contributed by atoms with Crippen LogP contribution in [-0.4, -0.2) is 52.7 Å². The molecule has 7 nitrogen and oxygen atoms in total. The fraction of sp³-hybridized carbons (Fsp3) is 0.583. The van der Waals surface area contributed by atoms with E-state index in [1.54, 1.807) is 6.33 Å². The first-order valence-corrected chi connectivity index (χ1v) is 6.24. The predicted octanol–water partition coefficient (Wildman–Crippen LogP) is 0.0683. The minimum Gasteiger partial charge on any atom is -0.448 e.